The molecule has 5 heteroatoms. The zero-order valence-corrected chi connectivity index (χ0v) is 7.31. The van der Waals surface area contributed by atoms with Gasteiger partial charge in [-0.2, -0.15) is 0 Å². The van der Waals surface area contributed by atoms with Gasteiger partial charge in [0.05, 0.1) is 6.10 Å². The van der Waals surface area contributed by atoms with Crippen molar-refractivity contribution in [3.05, 3.63) is 10.4 Å². The van der Waals surface area contributed by atoms with Crippen molar-refractivity contribution < 1.29 is 4.74 Å². The predicted octanol–water partition coefficient (Wildman–Crippen LogP) is 1.02. The molecule has 1 aliphatic heterocycles. The summed E-state index contributed by atoms with van der Waals surface area (Å²) in [6.07, 6.45) is 1.46. The van der Waals surface area contributed by atoms with Crippen molar-refractivity contribution in [3.8, 4) is 0 Å². The topological polar surface area (TPSA) is 61.2 Å². The number of nitrogens with zero attached hydrogens (tertiary/aromatic N) is 4. The standard InChI is InChI=1S/C7H14N4O/c1-12-7-2-4-11(6-7)5-3-9-10-8/h7H,2-6H2,1H3/t7-/m1/s1. The van der Waals surface area contributed by atoms with E-state index < -0.39 is 0 Å². The van der Waals surface area contributed by atoms with Crippen molar-refractivity contribution in [1.29, 1.82) is 0 Å². The van der Waals surface area contributed by atoms with Gasteiger partial charge >= 0.3 is 0 Å². The Morgan fingerprint density at radius 3 is 3.17 bits per heavy atom. The first-order chi connectivity index (χ1) is 5.86. The van der Waals surface area contributed by atoms with Gasteiger partial charge in [0.1, 0.15) is 0 Å². The monoisotopic (exact) mass is 170 g/mol. The lowest BCUT2D eigenvalue weighted by Crippen LogP contribution is -2.25. The summed E-state index contributed by atoms with van der Waals surface area (Å²) < 4.78 is 5.20. The molecule has 0 amide bonds. The number of ether oxygens (including phenoxy) is 1. The van der Waals surface area contributed by atoms with Gasteiger partial charge in [-0.25, -0.2) is 0 Å². The minimum Gasteiger partial charge on any atom is -0.380 e. The average Bonchev–Trinajstić information content (AvgIpc) is 2.53. The maximum atomic E-state index is 8.05. The Labute approximate surface area is 71.9 Å². The van der Waals surface area contributed by atoms with Crippen LogP contribution in [0.1, 0.15) is 6.42 Å². The highest BCUT2D eigenvalue weighted by molar-refractivity contribution is 4.75. The molecule has 0 radical (unpaired) electrons. The molecule has 0 unspecified atom stereocenters. The second-order valence-corrected chi connectivity index (χ2v) is 2.90. The lowest BCUT2D eigenvalue weighted by Gasteiger charge is -2.13. The number of azide groups is 1. The molecule has 1 fully saturated rings. The van der Waals surface area contributed by atoms with Crippen LogP contribution in [0.5, 0.6) is 0 Å². The zero-order valence-electron chi connectivity index (χ0n) is 7.31. The van der Waals surface area contributed by atoms with Crippen LogP contribution >= 0.6 is 0 Å². The van der Waals surface area contributed by atoms with Crippen LogP contribution in [0.4, 0.5) is 0 Å². The van der Waals surface area contributed by atoms with Crippen LogP contribution in [-0.2, 0) is 4.74 Å². The van der Waals surface area contributed by atoms with Crippen molar-refractivity contribution in [2.45, 2.75) is 12.5 Å². The van der Waals surface area contributed by atoms with E-state index in [4.69, 9.17) is 10.3 Å². The lowest BCUT2D eigenvalue weighted by atomic mass is 10.3. The smallest absolute Gasteiger partial charge is 0.0710 e. The van der Waals surface area contributed by atoms with E-state index in [9.17, 15) is 0 Å². The molecule has 0 aromatic rings. The molecular formula is C7H14N4O. The Kier molecular flexibility index (Phi) is 3.87. The summed E-state index contributed by atoms with van der Waals surface area (Å²) >= 11 is 0. The Morgan fingerprint density at radius 1 is 1.75 bits per heavy atom. The molecule has 1 atom stereocenters. The van der Waals surface area contributed by atoms with Crippen LogP contribution < -0.4 is 0 Å². The van der Waals surface area contributed by atoms with Gasteiger partial charge in [0.2, 0.25) is 0 Å². The summed E-state index contributed by atoms with van der Waals surface area (Å²) in [6, 6.07) is 0. The van der Waals surface area contributed by atoms with E-state index in [2.05, 4.69) is 14.9 Å². The highest BCUT2D eigenvalue weighted by Crippen LogP contribution is 2.10. The third-order valence-corrected chi connectivity index (χ3v) is 2.14. The van der Waals surface area contributed by atoms with Crippen LogP contribution in [0.25, 0.3) is 10.4 Å². The van der Waals surface area contributed by atoms with E-state index in [1.165, 1.54) is 0 Å². The average molecular weight is 170 g/mol. The van der Waals surface area contributed by atoms with Crippen molar-refractivity contribution in [2.75, 3.05) is 33.3 Å². The fraction of sp³-hybridized carbons (Fsp3) is 1.00. The summed E-state index contributed by atoms with van der Waals surface area (Å²) in [6.45, 7) is 3.44. The van der Waals surface area contributed by atoms with E-state index in [0.717, 1.165) is 26.1 Å². The summed E-state index contributed by atoms with van der Waals surface area (Å²) in [5, 5.41) is 3.48. The Bertz CT molecular complexity index is 178. The van der Waals surface area contributed by atoms with Crippen molar-refractivity contribution >= 4 is 0 Å². The molecular weight excluding hydrogens is 156 g/mol. The molecule has 0 aromatic heterocycles. The van der Waals surface area contributed by atoms with Crippen LogP contribution in [0, 0.1) is 0 Å². The van der Waals surface area contributed by atoms with Gasteiger partial charge in [0.15, 0.2) is 0 Å². The Balaban J connectivity index is 2.14. The van der Waals surface area contributed by atoms with E-state index in [1.807, 2.05) is 0 Å². The van der Waals surface area contributed by atoms with E-state index in [-0.39, 0.29) is 0 Å². The maximum absolute atomic E-state index is 8.05. The van der Waals surface area contributed by atoms with E-state index in [1.54, 1.807) is 7.11 Å². The molecule has 68 valence electrons. The second kappa shape index (κ2) is 4.98. The SMILES string of the molecule is CO[C@@H]1CCN(CCN=[N+]=[N-])C1. The first-order valence-electron chi connectivity index (χ1n) is 4.13. The molecule has 5 nitrogen and oxygen atoms in total. The van der Waals surface area contributed by atoms with Gasteiger partial charge in [-0.3, -0.25) is 0 Å². The Morgan fingerprint density at radius 2 is 2.58 bits per heavy atom. The van der Waals surface area contributed by atoms with Gasteiger partial charge in [0.25, 0.3) is 0 Å². The van der Waals surface area contributed by atoms with Crippen LogP contribution in [0.2, 0.25) is 0 Å². The molecule has 0 saturated carbocycles. The van der Waals surface area contributed by atoms with Crippen LogP contribution in [0.3, 0.4) is 0 Å². The number of methoxy groups -OCH3 is 1. The molecule has 1 aliphatic rings. The van der Waals surface area contributed by atoms with Crippen molar-refractivity contribution in [1.82, 2.24) is 4.90 Å². The molecule has 1 saturated heterocycles. The predicted molar refractivity (Wildman–Crippen MR) is 45.9 cm³/mol. The largest absolute Gasteiger partial charge is 0.380 e. The summed E-state index contributed by atoms with van der Waals surface area (Å²) in [5.74, 6) is 0. The highest BCUT2D eigenvalue weighted by atomic mass is 16.5. The Hall–Kier alpha value is -0.770. The molecule has 1 rings (SSSR count). The van der Waals surface area contributed by atoms with E-state index in [0.29, 0.717) is 12.6 Å². The van der Waals surface area contributed by atoms with Crippen LogP contribution in [-0.4, -0.2) is 44.3 Å². The zero-order chi connectivity index (χ0) is 8.81. The fourth-order valence-corrected chi connectivity index (χ4v) is 1.42. The van der Waals surface area contributed by atoms with Gasteiger partial charge < -0.3 is 9.64 Å². The minimum atomic E-state index is 0.371. The maximum Gasteiger partial charge on any atom is 0.0710 e. The summed E-state index contributed by atoms with van der Waals surface area (Å²) in [4.78, 5) is 4.96. The first-order valence-corrected chi connectivity index (χ1v) is 4.13. The van der Waals surface area contributed by atoms with Crippen molar-refractivity contribution in [2.24, 2.45) is 5.11 Å². The molecule has 1 heterocycles. The molecule has 0 aromatic carbocycles. The second-order valence-electron chi connectivity index (χ2n) is 2.90. The molecule has 0 N–H and O–H groups in total. The van der Waals surface area contributed by atoms with Gasteiger partial charge in [0, 0.05) is 38.2 Å². The molecule has 0 spiro atoms. The van der Waals surface area contributed by atoms with Gasteiger partial charge in [-0.1, -0.05) is 5.11 Å². The number of rotatable bonds is 4. The number of likely N-dealkylation sites (tertiary alicyclic amines) is 1. The number of hydrogen-bond donors (Lipinski definition) is 0. The molecule has 0 bridgehead atoms. The van der Waals surface area contributed by atoms with Crippen LogP contribution in [0.15, 0.2) is 5.11 Å². The fourth-order valence-electron chi connectivity index (χ4n) is 1.42. The molecule has 0 aliphatic carbocycles. The van der Waals surface area contributed by atoms with Crippen molar-refractivity contribution in [3.63, 3.8) is 0 Å². The third kappa shape index (κ3) is 2.70. The quantitative estimate of drug-likeness (QED) is 0.359. The molecule has 12 heavy (non-hydrogen) atoms. The normalized spacial score (nSPS) is 23.9. The highest BCUT2D eigenvalue weighted by Gasteiger charge is 2.20. The lowest BCUT2D eigenvalue weighted by molar-refractivity contribution is 0.108. The summed E-state index contributed by atoms with van der Waals surface area (Å²) in [5.41, 5.74) is 8.05. The third-order valence-electron chi connectivity index (χ3n) is 2.14. The minimum absolute atomic E-state index is 0.371. The first kappa shape index (κ1) is 9.32. The summed E-state index contributed by atoms with van der Waals surface area (Å²) in [7, 11) is 1.74. The van der Waals surface area contributed by atoms with Gasteiger partial charge in [-0.15, -0.1) is 0 Å². The number of hydrogen-bond acceptors (Lipinski definition) is 3. The van der Waals surface area contributed by atoms with E-state index >= 15 is 0 Å². The van der Waals surface area contributed by atoms with Gasteiger partial charge in [-0.05, 0) is 12.0 Å².